The maximum atomic E-state index is 11.5. The van der Waals surface area contributed by atoms with Crippen LogP contribution >= 0.6 is 0 Å². The molecule has 0 saturated carbocycles. The van der Waals surface area contributed by atoms with Gasteiger partial charge in [0.15, 0.2) is 0 Å². The van der Waals surface area contributed by atoms with Gasteiger partial charge in [0.25, 0.3) is 0 Å². The lowest BCUT2D eigenvalue weighted by Gasteiger charge is -2.11. The SMILES string of the molecule is COC(=O)/C=C1\c2ccccc2[C@@H]2CN(C)C[C@H]12. The summed E-state index contributed by atoms with van der Waals surface area (Å²) in [7, 11) is 3.56. The summed E-state index contributed by atoms with van der Waals surface area (Å²) < 4.78 is 4.77. The summed E-state index contributed by atoms with van der Waals surface area (Å²) in [4.78, 5) is 13.9. The van der Waals surface area contributed by atoms with Gasteiger partial charge in [0.1, 0.15) is 0 Å². The molecule has 1 aliphatic carbocycles. The Hall–Kier alpha value is -1.61. The summed E-state index contributed by atoms with van der Waals surface area (Å²) in [6.45, 7) is 2.09. The summed E-state index contributed by atoms with van der Waals surface area (Å²) in [6.07, 6.45) is 1.67. The number of carbonyl (C=O) groups is 1. The van der Waals surface area contributed by atoms with Crippen LogP contribution in [0.25, 0.3) is 5.57 Å². The van der Waals surface area contributed by atoms with Crippen molar-refractivity contribution in [2.45, 2.75) is 5.92 Å². The van der Waals surface area contributed by atoms with E-state index in [0.717, 1.165) is 18.7 Å². The quantitative estimate of drug-likeness (QED) is 0.557. The fourth-order valence-corrected chi connectivity index (χ4v) is 3.28. The Labute approximate surface area is 107 Å². The second-order valence-electron chi connectivity index (χ2n) is 5.14. The van der Waals surface area contributed by atoms with E-state index in [-0.39, 0.29) is 5.97 Å². The predicted octanol–water partition coefficient (Wildman–Crippen LogP) is 1.90. The first-order chi connectivity index (χ1) is 8.70. The molecule has 1 heterocycles. The first-order valence-electron chi connectivity index (χ1n) is 6.28. The highest BCUT2D eigenvalue weighted by Crippen LogP contribution is 2.49. The normalized spacial score (nSPS) is 28.2. The van der Waals surface area contributed by atoms with Crippen molar-refractivity contribution in [3.63, 3.8) is 0 Å². The van der Waals surface area contributed by atoms with Crippen molar-refractivity contribution in [2.75, 3.05) is 27.2 Å². The van der Waals surface area contributed by atoms with Gasteiger partial charge in [-0.25, -0.2) is 4.79 Å². The number of rotatable bonds is 1. The van der Waals surface area contributed by atoms with Crippen LogP contribution in [-0.2, 0) is 9.53 Å². The molecule has 1 saturated heterocycles. The molecule has 94 valence electrons. The van der Waals surface area contributed by atoms with Gasteiger partial charge in [0.05, 0.1) is 7.11 Å². The van der Waals surface area contributed by atoms with E-state index in [4.69, 9.17) is 4.74 Å². The Morgan fingerprint density at radius 2 is 2.06 bits per heavy atom. The number of methoxy groups -OCH3 is 1. The van der Waals surface area contributed by atoms with Crippen LogP contribution in [-0.4, -0.2) is 38.1 Å². The van der Waals surface area contributed by atoms with Crippen molar-refractivity contribution >= 4 is 11.5 Å². The zero-order valence-corrected chi connectivity index (χ0v) is 10.7. The molecule has 1 aliphatic heterocycles. The van der Waals surface area contributed by atoms with Gasteiger partial charge in [0.2, 0.25) is 0 Å². The zero-order valence-electron chi connectivity index (χ0n) is 10.7. The maximum absolute atomic E-state index is 11.5. The summed E-state index contributed by atoms with van der Waals surface area (Å²) in [6, 6.07) is 8.41. The predicted molar refractivity (Wildman–Crippen MR) is 70.2 cm³/mol. The van der Waals surface area contributed by atoms with Crippen molar-refractivity contribution in [1.82, 2.24) is 4.90 Å². The summed E-state index contributed by atoms with van der Waals surface area (Å²) >= 11 is 0. The van der Waals surface area contributed by atoms with Crippen LogP contribution in [0.4, 0.5) is 0 Å². The molecule has 0 unspecified atom stereocenters. The van der Waals surface area contributed by atoms with Crippen LogP contribution in [0.1, 0.15) is 17.0 Å². The van der Waals surface area contributed by atoms with E-state index >= 15 is 0 Å². The summed E-state index contributed by atoms with van der Waals surface area (Å²) in [5.74, 6) is 0.712. The number of carbonyl (C=O) groups excluding carboxylic acids is 1. The van der Waals surface area contributed by atoms with Gasteiger partial charge in [-0.05, 0) is 23.7 Å². The van der Waals surface area contributed by atoms with Crippen LogP contribution in [0.15, 0.2) is 30.3 Å². The number of benzene rings is 1. The molecule has 1 fully saturated rings. The molecule has 2 aliphatic rings. The third-order valence-corrected chi connectivity index (χ3v) is 4.05. The van der Waals surface area contributed by atoms with Gasteiger partial charge in [0, 0.05) is 31.0 Å². The highest BCUT2D eigenvalue weighted by atomic mass is 16.5. The molecule has 0 radical (unpaired) electrons. The van der Waals surface area contributed by atoms with Crippen LogP contribution in [0.3, 0.4) is 0 Å². The third kappa shape index (κ3) is 1.66. The minimum absolute atomic E-state index is 0.255. The molecular formula is C15H17NO2. The van der Waals surface area contributed by atoms with E-state index < -0.39 is 0 Å². The molecule has 0 amide bonds. The van der Waals surface area contributed by atoms with Gasteiger partial charge in [-0.3, -0.25) is 0 Å². The molecule has 1 aromatic rings. The highest BCUT2D eigenvalue weighted by molar-refractivity contribution is 5.94. The fraction of sp³-hybridized carbons (Fsp3) is 0.400. The molecule has 0 spiro atoms. The molecular weight excluding hydrogens is 226 g/mol. The lowest BCUT2D eigenvalue weighted by molar-refractivity contribution is -0.134. The third-order valence-electron chi connectivity index (χ3n) is 4.05. The van der Waals surface area contributed by atoms with Crippen LogP contribution < -0.4 is 0 Å². The standard InChI is InChI=1S/C15H17NO2/c1-16-8-13-11-6-4-3-5-10(11)12(14(13)9-16)7-15(17)18-2/h3-7,13-14H,8-9H2,1-2H3/b12-7+/t13-,14+/m0/s1. The fourth-order valence-electron chi connectivity index (χ4n) is 3.28. The van der Waals surface area contributed by atoms with E-state index in [1.165, 1.54) is 18.2 Å². The van der Waals surface area contributed by atoms with Crippen molar-refractivity contribution in [3.05, 3.63) is 41.5 Å². The molecule has 0 N–H and O–H groups in total. The average Bonchev–Trinajstić information content (AvgIpc) is 2.88. The van der Waals surface area contributed by atoms with E-state index in [9.17, 15) is 4.79 Å². The smallest absolute Gasteiger partial charge is 0.330 e. The van der Waals surface area contributed by atoms with E-state index in [0.29, 0.717) is 11.8 Å². The first kappa shape index (κ1) is 11.5. The molecule has 2 atom stereocenters. The van der Waals surface area contributed by atoms with Crippen molar-refractivity contribution in [3.8, 4) is 0 Å². The Kier molecular flexibility index (Phi) is 2.71. The van der Waals surface area contributed by atoms with Gasteiger partial charge in [-0.1, -0.05) is 24.3 Å². The highest BCUT2D eigenvalue weighted by Gasteiger charge is 2.41. The zero-order chi connectivity index (χ0) is 12.7. The lowest BCUT2D eigenvalue weighted by atomic mass is 9.94. The van der Waals surface area contributed by atoms with E-state index in [1.807, 2.05) is 6.07 Å². The first-order valence-corrected chi connectivity index (χ1v) is 6.28. The lowest BCUT2D eigenvalue weighted by Crippen LogP contribution is -2.15. The van der Waals surface area contributed by atoms with Gasteiger partial charge in [-0.2, -0.15) is 0 Å². The van der Waals surface area contributed by atoms with Crippen LogP contribution in [0, 0.1) is 5.92 Å². The van der Waals surface area contributed by atoms with E-state index in [2.05, 4.69) is 30.1 Å². The Bertz CT molecular complexity index is 521. The molecule has 18 heavy (non-hydrogen) atoms. The minimum atomic E-state index is -0.255. The largest absolute Gasteiger partial charge is 0.466 e. The molecule has 3 nitrogen and oxygen atoms in total. The van der Waals surface area contributed by atoms with Gasteiger partial charge < -0.3 is 9.64 Å². The number of likely N-dealkylation sites (N-methyl/N-ethyl adjacent to an activating group) is 1. The van der Waals surface area contributed by atoms with Gasteiger partial charge >= 0.3 is 5.97 Å². The maximum Gasteiger partial charge on any atom is 0.330 e. The van der Waals surface area contributed by atoms with Crippen molar-refractivity contribution < 1.29 is 9.53 Å². The number of nitrogens with zero attached hydrogens (tertiary/aromatic N) is 1. The number of fused-ring (bicyclic) bond motifs is 3. The Morgan fingerprint density at radius 3 is 2.83 bits per heavy atom. The molecule has 3 rings (SSSR count). The molecule has 0 aromatic heterocycles. The van der Waals surface area contributed by atoms with Crippen LogP contribution in [0.2, 0.25) is 0 Å². The number of hydrogen-bond acceptors (Lipinski definition) is 3. The van der Waals surface area contributed by atoms with Gasteiger partial charge in [-0.15, -0.1) is 0 Å². The van der Waals surface area contributed by atoms with Crippen molar-refractivity contribution in [2.24, 2.45) is 5.92 Å². The Balaban J connectivity index is 2.08. The average molecular weight is 243 g/mol. The molecule has 1 aromatic carbocycles. The molecule has 0 bridgehead atoms. The second-order valence-corrected chi connectivity index (χ2v) is 5.14. The van der Waals surface area contributed by atoms with Crippen LogP contribution in [0.5, 0.6) is 0 Å². The number of esters is 1. The summed E-state index contributed by atoms with van der Waals surface area (Å²) in [5, 5.41) is 0. The number of likely N-dealkylation sites (tertiary alicyclic amines) is 1. The number of hydrogen-bond donors (Lipinski definition) is 0. The van der Waals surface area contributed by atoms with E-state index in [1.54, 1.807) is 6.08 Å². The summed E-state index contributed by atoms with van der Waals surface area (Å²) in [5.41, 5.74) is 3.75. The Morgan fingerprint density at radius 1 is 1.33 bits per heavy atom. The second kappa shape index (κ2) is 4.25. The van der Waals surface area contributed by atoms with Crippen molar-refractivity contribution in [1.29, 1.82) is 0 Å². The monoisotopic (exact) mass is 243 g/mol. The molecule has 3 heteroatoms. The number of ether oxygens (including phenoxy) is 1. The minimum Gasteiger partial charge on any atom is -0.466 e. The topological polar surface area (TPSA) is 29.5 Å².